The Balaban J connectivity index is 2.12. The van der Waals surface area contributed by atoms with Crippen LogP contribution in [-0.2, 0) is 4.79 Å². The topological polar surface area (TPSA) is 40.5 Å². The lowest BCUT2D eigenvalue weighted by molar-refractivity contribution is -0.151. The zero-order valence-electron chi connectivity index (χ0n) is 13.8. The highest BCUT2D eigenvalue weighted by Crippen LogP contribution is 2.46. The molecule has 1 saturated carbocycles. The Labute approximate surface area is 125 Å². The van der Waals surface area contributed by atoms with E-state index in [4.69, 9.17) is 0 Å². The Morgan fingerprint density at radius 2 is 1.60 bits per heavy atom. The number of carbonyl (C=O) groups is 1. The lowest BCUT2D eigenvalue weighted by atomic mass is 9.71. The van der Waals surface area contributed by atoms with Crippen molar-refractivity contribution in [2.45, 2.75) is 83.3 Å². The summed E-state index contributed by atoms with van der Waals surface area (Å²) in [5.74, 6) is -0.562. The molecule has 1 saturated heterocycles. The van der Waals surface area contributed by atoms with Gasteiger partial charge in [-0.1, -0.05) is 33.1 Å². The molecule has 2 aliphatic rings. The van der Waals surface area contributed by atoms with Crippen LogP contribution in [0.5, 0.6) is 0 Å². The monoisotopic (exact) mass is 313 g/mol. The Morgan fingerprint density at radius 1 is 1.15 bits per heavy atom. The van der Waals surface area contributed by atoms with E-state index in [0.717, 1.165) is 32.1 Å². The van der Waals surface area contributed by atoms with E-state index in [1.807, 2.05) is 6.92 Å². The molecule has 3 nitrogen and oxygen atoms in total. The second-order valence-electron chi connectivity index (χ2n) is 8.17. The molecule has 0 amide bonds. The summed E-state index contributed by atoms with van der Waals surface area (Å²) in [7, 11) is -2.46. The van der Waals surface area contributed by atoms with Gasteiger partial charge in [-0.15, -0.1) is 0 Å². The highest BCUT2D eigenvalue weighted by atomic mass is 28.4. The number of carboxylic acid groups (broad SMARTS) is 1. The van der Waals surface area contributed by atoms with Crippen LogP contribution in [-0.4, -0.2) is 37.8 Å². The maximum atomic E-state index is 11.6. The van der Waals surface area contributed by atoms with Gasteiger partial charge in [0.2, 0.25) is 0 Å². The van der Waals surface area contributed by atoms with Crippen molar-refractivity contribution in [1.29, 1.82) is 0 Å². The molecule has 1 aliphatic carbocycles. The Morgan fingerprint density at radius 3 is 1.95 bits per heavy atom. The second kappa shape index (κ2) is 5.25. The van der Waals surface area contributed by atoms with Gasteiger partial charge in [0.15, 0.2) is 0 Å². The van der Waals surface area contributed by atoms with E-state index in [9.17, 15) is 9.90 Å². The second-order valence-corrected chi connectivity index (χ2v) is 17.8. The molecule has 0 bridgehead atoms. The van der Waals surface area contributed by atoms with Gasteiger partial charge in [0.1, 0.15) is 16.5 Å². The van der Waals surface area contributed by atoms with E-state index < -0.39 is 27.9 Å². The van der Waals surface area contributed by atoms with Crippen molar-refractivity contribution in [2.24, 2.45) is 5.41 Å². The van der Waals surface area contributed by atoms with Gasteiger partial charge >= 0.3 is 5.97 Å². The molecule has 0 spiro atoms. The summed E-state index contributed by atoms with van der Waals surface area (Å²) < 4.78 is 2.97. The lowest BCUT2D eigenvalue weighted by Gasteiger charge is -2.49. The average molecular weight is 314 g/mol. The third-order valence-corrected chi connectivity index (χ3v) is 16.5. The molecule has 0 unspecified atom stereocenters. The van der Waals surface area contributed by atoms with Gasteiger partial charge in [-0.25, -0.2) is 0 Å². The van der Waals surface area contributed by atoms with Crippen LogP contribution in [0.25, 0.3) is 0 Å². The van der Waals surface area contributed by atoms with Gasteiger partial charge in [0.05, 0.1) is 5.41 Å². The summed E-state index contributed by atoms with van der Waals surface area (Å²) in [6.45, 7) is 12.1. The molecule has 2 fully saturated rings. The van der Waals surface area contributed by atoms with E-state index in [1.165, 1.54) is 12.1 Å². The van der Waals surface area contributed by atoms with Crippen LogP contribution in [0.1, 0.15) is 39.0 Å². The van der Waals surface area contributed by atoms with Gasteiger partial charge in [-0.05, 0) is 50.2 Å². The molecule has 116 valence electrons. The Bertz CT molecular complexity index is 371. The summed E-state index contributed by atoms with van der Waals surface area (Å²) in [6, 6.07) is 3.57. The number of rotatable bonds is 3. The van der Waals surface area contributed by atoms with Gasteiger partial charge in [-0.3, -0.25) is 4.79 Å². The van der Waals surface area contributed by atoms with Crippen molar-refractivity contribution in [3.05, 3.63) is 0 Å². The average Bonchev–Trinajstić information content (AvgIpc) is 2.59. The molecule has 0 aromatic rings. The first-order valence-corrected chi connectivity index (χ1v) is 14.5. The fraction of sp³-hybridized carbons (Fsp3) is 0.933. The molecule has 0 atom stereocenters. The molecule has 1 aliphatic heterocycles. The molecule has 1 heterocycles. The quantitative estimate of drug-likeness (QED) is 0.796. The first-order valence-electron chi connectivity index (χ1n) is 8.17. The maximum Gasteiger partial charge on any atom is 0.309 e. The van der Waals surface area contributed by atoms with Crippen molar-refractivity contribution in [2.75, 3.05) is 0 Å². The minimum Gasteiger partial charge on any atom is -0.481 e. The maximum absolute atomic E-state index is 11.6. The largest absolute Gasteiger partial charge is 0.481 e. The van der Waals surface area contributed by atoms with Crippen LogP contribution < -0.4 is 0 Å². The number of aliphatic carboxylic acids is 1. The minimum atomic E-state index is -1.23. The molecular formula is C15H31NO2Si2. The summed E-state index contributed by atoms with van der Waals surface area (Å²) in [5, 5.41) is 9.55. The van der Waals surface area contributed by atoms with Crippen molar-refractivity contribution < 1.29 is 9.90 Å². The normalized spacial score (nSPS) is 37.0. The predicted octanol–water partition coefficient (Wildman–Crippen LogP) is 4.14. The van der Waals surface area contributed by atoms with Gasteiger partial charge in [0.25, 0.3) is 0 Å². The Kier molecular flexibility index (Phi) is 4.26. The van der Waals surface area contributed by atoms with Crippen molar-refractivity contribution >= 4 is 22.4 Å². The third kappa shape index (κ3) is 2.64. The number of hydrogen-bond donors (Lipinski definition) is 1. The van der Waals surface area contributed by atoms with E-state index in [-0.39, 0.29) is 0 Å². The summed E-state index contributed by atoms with van der Waals surface area (Å²) in [4.78, 5) is 11.6. The molecule has 2 rings (SSSR count). The first kappa shape index (κ1) is 16.2. The SMILES string of the molecule is CCC1(C(=O)O)CCC(N2[Si](C)(C)CC[Si]2(C)C)CC1. The van der Waals surface area contributed by atoms with Gasteiger partial charge in [0, 0.05) is 0 Å². The van der Waals surface area contributed by atoms with Gasteiger partial charge in [-0.2, -0.15) is 0 Å². The summed E-state index contributed by atoms with van der Waals surface area (Å²) in [6.07, 6.45) is 4.76. The van der Waals surface area contributed by atoms with Crippen molar-refractivity contribution in [3.63, 3.8) is 0 Å². The fourth-order valence-corrected chi connectivity index (χ4v) is 19.9. The van der Waals surface area contributed by atoms with Crippen LogP contribution in [0.15, 0.2) is 0 Å². The molecular weight excluding hydrogens is 282 g/mol. The molecule has 0 aromatic heterocycles. The van der Waals surface area contributed by atoms with Crippen LogP contribution in [0.2, 0.25) is 38.3 Å². The highest BCUT2D eigenvalue weighted by molar-refractivity contribution is 6.95. The van der Waals surface area contributed by atoms with Crippen molar-refractivity contribution in [1.82, 2.24) is 4.23 Å². The molecule has 0 radical (unpaired) electrons. The summed E-state index contributed by atoms with van der Waals surface area (Å²) in [5.41, 5.74) is -0.423. The van der Waals surface area contributed by atoms with E-state index in [1.54, 1.807) is 0 Å². The van der Waals surface area contributed by atoms with E-state index in [2.05, 4.69) is 30.4 Å². The van der Waals surface area contributed by atoms with E-state index >= 15 is 0 Å². The molecule has 5 heteroatoms. The highest BCUT2D eigenvalue weighted by Gasteiger charge is 2.52. The van der Waals surface area contributed by atoms with Gasteiger partial charge < -0.3 is 9.34 Å². The standard InChI is InChI=1S/C15H31NO2Si2/c1-6-15(14(17)18)9-7-13(8-10-15)16-19(2,3)11-12-20(16,4)5/h13H,6-12H2,1-5H3,(H,17,18). The predicted molar refractivity (Wildman–Crippen MR) is 89.0 cm³/mol. The van der Waals surface area contributed by atoms with Crippen LogP contribution in [0, 0.1) is 5.41 Å². The number of nitrogens with zero attached hydrogens (tertiary/aromatic N) is 1. The molecule has 0 aromatic carbocycles. The van der Waals surface area contributed by atoms with Crippen LogP contribution in [0.3, 0.4) is 0 Å². The molecule has 20 heavy (non-hydrogen) atoms. The number of hydrogen-bond acceptors (Lipinski definition) is 2. The smallest absolute Gasteiger partial charge is 0.309 e. The lowest BCUT2D eigenvalue weighted by Crippen LogP contribution is -2.60. The minimum absolute atomic E-state index is 0.423. The summed E-state index contributed by atoms with van der Waals surface area (Å²) >= 11 is 0. The fourth-order valence-electron chi connectivity index (χ4n) is 4.79. The van der Waals surface area contributed by atoms with E-state index in [0.29, 0.717) is 6.04 Å². The first-order chi connectivity index (χ1) is 9.15. The molecule has 1 N–H and O–H groups in total. The van der Waals surface area contributed by atoms with Crippen LogP contribution >= 0.6 is 0 Å². The third-order valence-electron chi connectivity index (χ3n) is 6.06. The van der Waals surface area contributed by atoms with Crippen LogP contribution in [0.4, 0.5) is 0 Å². The zero-order valence-corrected chi connectivity index (χ0v) is 15.8. The number of carboxylic acids is 1. The Hall–Kier alpha value is -0.136. The van der Waals surface area contributed by atoms with Crippen molar-refractivity contribution in [3.8, 4) is 0 Å². The zero-order chi connectivity index (χ0) is 15.2.